The second-order valence-electron chi connectivity index (χ2n) is 6.04. The van der Waals surface area contributed by atoms with E-state index in [9.17, 15) is 9.59 Å². The fourth-order valence-corrected chi connectivity index (χ4v) is 2.64. The van der Waals surface area contributed by atoms with Crippen LogP contribution in [0.2, 0.25) is 0 Å². The van der Waals surface area contributed by atoms with Crippen LogP contribution in [0.15, 0.2) is 18.3 Å². The van der Waals surface area contributed by atoms with Crippen molar-refractivity contribution < 1.29 is 9.59 Å². The summed E-state index contributed by atoms with van der Waals surface area (Å²) in [5.74, 6) is 0.673. The number of urea groups is 1. The van der Waals surface area contributed by atoms with E-state index in [0.717, 1.165) is 18.7 Å². The Morgan fingerprint density at radius 2 is 2.12 bits per heavy atom. The SMILES string of the molecule is CCN(C)C(=O)[C@@H](C)NC(=O)N1CCC(Nc2cccnn2)CC1. The first-order valence-corrected chi connectivity index (χ1v) is 8.36. The number of likely N-dealkylation sites (tertiary alicyclic amines) is 1. The van der Waals surface area contributed by atoms with Gasteiger partial charge < -0.3 is 20.4 Å². The summed E-state index contributed by atoms with van der Waals surface area (Å²) in [7, 11) is 1.73. The third-order valence-electron chi connectivity index (χ3n) is 4.27. The van der Waals surface area contributed by atoms with Gasteiger partial charge in [0.25, 0.3) is 0 Å². The lowest BCUT2D eigenvalue weighted by Gasteiger charge is -2.33. The number of amides is 3. The van der Waals surface area contributed by atoms with Gasteiger partial charge in [-0.2, -0.15) is 5.10 Å². The summed E-state index contributed by atoms with van der Waals surface area (Å²) in [6.45, 7) is 5.54. The Labute approximate surface area is 142 Å². The monoisotopic (exact) mass is 334 g/mol. The Hall–Kier alpha value is -2.38. The zero-order chi connectivity index (χ0) is 17.5. The largest absolute Gasteiger partial charge is 0.366 e. The van der Waals surface area contributed by atoms with Crippen LogP contribution in [0.4, 0.5) is 10.6 Å². The maximum Gasteiger partial charge on any atom is 0.318 e. The van der Waals surface area contributed by atoms with Crippen molar-refractivity contribution in [3.63, 3.8) is 0 Å². The molecule has 0 aromatic carbocycles. The highest BCUT2D eigenvalue weighted by Gasteiger charge is 2.26. The highest BCUT2D eigenvalue weighted by molar-refractivity contribution is 5.86. The molecule has 24 heavy (non-hydrogen) atoms. The third-order valence-corrected chi connectivity index (χ3v) is 4.27. The van der Waals surface area contributed by atoms with Crippen molar-refractivity contribution in [3.05, 3.63) is 18.3 Å². The molecule has 1 atom stereocenters. The van der Waals surface area contributed by atoms with E-state index in [1.165, 1.54) is 0 Å². The molecule has 1 saturated heterocycles. The minimum absolute atomic E-state index is 0.0787. The fraction of sp³-hybridized carbons (Fsp3) is 0.625. The lowest BCUT2D eigenvalue weighted by Crippen LogP contribution is -2.52. The van der Waals surface area contributed by atoms with Crippen molar-refractivity contribution >= 4 is 17.8 Å². The number of piperidine rings is 1. The molecule has 0 radical (unpaired) electrons. The summed E-state index contributed by atoms with van der Waals surface area (Å²) < 4.78 is 0. The predicted octanol–water partition coefficient (Wildman–Crippen LogP) is 0.929. The van der Waals surface area contributed by atoms with Crippen LogP contribution in [0.1, 0.15) is 26.7 Å². The molecule has 2 rings (SSSR count). The van der Waals surface area contributed by atoms with Crippen molar-refractivity contribution in [2.45, 2.75) is 38.8 Å². The van der Waals surface area contributed by atoms with Gasteiger partial charge in [-0.15, -0.1) is 5.10 Å². The van der Waals surface area contributed by atoms with Gasteiger partial charge in [0.1, 0.15) is 11.9 Å². The fourth-order valence-electron chi connectivity index (χ4n) is 2.64. The Morgan fingerprint density at radius 1 is 1.42 bits per heavy atom. The van der Waals surface area contributed by atoms with E-state index in [1.54, 1.807) is 30.0 Å². The van der Waals surface area contributed by atoms with Crippen molar-refractivity contribution in [2.75, 3.05) is 32.0 Å². The molecule has 3 amide bonds. The average Bonchev–Trinajstić information content (AvgIpc) is 2.61. The number of hydrogen-bond acceptors (Lipinski definition) is 5. The topological polar surface area (TPSA) is 90.5 Å². The van der Waals surface area contributed by atoms with E-state index in [4.69, 9.17) is 0 Å². The Balaban J connectivity index is 1.77. The highest BCUT2D eigenvalue weighted by atomic mass is 16.2. The van der Waals surface area contributed by atoms with E-state index in [1.807, 2.05) is 19.1 Å². The number of nitrogens with one attached hydrogen (secondary N) is 2. The molecule has 1 aliphatic rings. The smallest absolute Gasteiger partial charge is 0.318 e. The number of carbonyl (C=O) groups is 2. The van der Waals surface area contributed by atoms with Gasteiger partial charge in [-0.05, 0) is 38.8 Å². The van der Waals surface area contributed by atoms with Gasteiger partial charge in [0, 0.05) is 38.9 Å². The first-order chi connectivity index (χ1) is 11.5. The highest BCUT2D eigenvalue weighted by Crippen LogP contribution is 2.14. The normalized spacial score (nSPS) is 16.4. The first-order valence-electron chi connectivity index (χ1n) is 8.36. The van der Waals surface area contributed by atoms with Crippen LogP contribution in [-0.4, -0.2) is 70.7 Å². The van der Waals surface area contributed by atoms with Gasteiger partial charge in [-0.1, -0.05) is 0 Å². The minimum atomic E-state index is -0.516. The van der Waals surface area contributed by atoms with E-state index in [0.29, 0.717) is 19.6 Å². The molecule has 0 aliphatic carbocycles. The quantitative estimate of drug-likeness (QED) is 0.836. The maximum absolute atomic E-state index is 12.3. The second kappa shape index (κ2) is 8.47. The summed E-state index contributed by atoms with van der Waals surface area (Å²) >= 11 is 0. The zero-order valence-electron chi connectivity index (χ0n) is 14.5. The molecule has 1 fully saturated rings. The van der Waals surface area contributed by atoms with Gasteiger partial charge in [-0.3, -0.25) is 4.79 Å². The average molecular weight is 334 g/mol. The molecule has 0 saturated carbocycles. The molecule has 0 unspecified atom stereocenters. The first kappa shape index (κ1) is 18.0. The maximum atomic E-state index is 12.3. The Morgan fingerprint density at radius 3 is 2.71 bits per heavy atom. The molecule has 1 aromatic heterocycles. The number of carbonyl (C=O) groups excluding carboxylic acids is 2. The molecule has 0 bridgehead atoms. The molecular formula is C16H26N6O2. The van der Waals surface area contributed by atoms with E-state index in [2.05, 4.69) is 20.8 Å². The van der Waals surface area contributed by atoms with Gasteiger partial charge in [0.05, 0.1) is 0 Å². The lowest BCUT2D eigenvalue weighted by atomic mass is 10.1. The number of nitrogens with zero attached hydrogens (tertiary/aromatic N) is 4. The van der Waals surface area contributed by atoms with E-state index < -0.39 is 6.04 Å². The number of hydrogen-bond donors (Lipinski definition) is 2. The Bertz CT molecular complexity index is 545. The Kier molecular flexibility index (Phi) is 6.34. The van der Waals surface area contributed by atoms with Crippen molar-refractivity contribution in [1.29, 1.82) is 0 Å². The molecule has 1 aromatic rings. The summed E-state index contributed by atoms with van der Waals surface area (Å²) in [6.07, 6.45) is 3.30. The standard InChI is InChI=1S/C16H26N6O2/c1-4-21(3)15(23)12(2)18-16(24)22-10-7-13(8-11-22)19-14-6-5-9-17-20-14/h5-6,9,12-13H,4,7-8,10-11H2,1-3H3,(H,18,24)(H,19,20)/t12-/m1/s1. The number of likely N-dealkylation sites (N-methyl/N-ethyl adjacent to an activating group) is 1. The van der Waals surface area contributed by atoms with Gasteiger partial charge in [0.15, 0.2) is 0 Å². The van der Waals surface area contributed by atoms with Crippen LogP contribution >= 0.6 is 0 Å². The summed E-state index contributed by atoms with van der Waals surface area (Å²) in [5.41, 5.74) is 0. The number of rotatable bonds is 5. The summed E-state index contributed by atoms with van der Waals surface area (Å²) in [4.78, 5) is 27.7. The van der Waals surface area contributed by atoms with Gasteiger partial charge >= 0.3 is 6.03 Å². The molecule has 0 spiro atoms. The van der Waals surface area contributed by atoms with Gasteiger partial charge in [0.2, 0.25) is 5.91 Å². The van der Waals surface area contributed by atoms with Crippen LogP contribution < -0.4 is 10.6 Å². The van der Waals surface area contributed by atoms with E-state index >= 15 is 0 Å². The van der Waals surface area contributed by atoms with Crippen LogP contribution in [-0.2, 0) is 4.79 Å². The number of aromatic nitrogens is 2. The minimum Gasteiger partial charge on any atom is -0.366 e. The summed E-state index contributed by atoms with van der Waals surface area (Å²) in [6, 6.07) is 3.29. The molecule has 1 aliphatic heterocycles. The molecule has 8 nitrogen and oxygen atoms in total. The van der Waals surface area contributed by atoms with Crippen molar-refractivity contribution in [3.8, 4) is 0 Å². The third kappa shape index (κ3) is 4.81. The lowest BCUT2D eigenvalue weighted by molar-refractivity contribution is -0.131. The van der Waals surface area contributed by atoms with Gasteiger partial charge in [-0.25, -0.2) is 4.79 Å². The molecular weight excluding hydrogens is 308 g/mol. The molecule has 2 N–H and O–H groups in total. The second-order valence-corrected chi connectivity index (χ2v) is 6.04. The predicted molar refractivity (Wildman–Crippen MR) is 91.6 cm³/mol. The molecule has 8 heteroatoms. The van der Waals surface area contributed by atoms with Crippen LogP contribution in [0.3, 0.4) is 0 Å². The van der Waals surface area contributed by atoms with Crippen molar-refractivity contribution in [1.82, 2.24) is 25.3 Å². The van der Waals surface area contributed by atoms with E-state index in [-0.39, 0.29) is 18.0 Å². The molecule has 132 valence electrons. The zero-order valence-corrected chi connectivity index (χ0v) is 14.5. The van der Waals surface area contributed by atoms with Crippen LogP contribution in [0.5, 0.6) is 0 Å². The number of anilines is 1. The van der Waals surface area contributed by atoms with Crippen LogP contribution in [0.25, 0.3) is 0 Å². The summed E-state index contributed by atoms with van der Waals surface area (Å²) in [5, 5.41) is 14.0. The van der Waals surface area contributed by atoms with Crippen molar-refractivity contribution in [2.24, 2.45) is 0 Å². The van der Waals surface area contributed by atoms with Crippen LogP contribution in [0, 0.1) is 0 Å². The molecule has 2 heterocycles.